The van der Waals surface area contributed by atoms with Gasteiger partial charge in [0.15, 0.2) is 5.13 Å². The summed E-state index contributed by atoms with van der Waals surface area (Å²) in [6, 6.07) is 24.4. The van der Waals surface area contributed by atoms with Crippen LogP contribution >= 0.6 is 23.1 Å². The molecule has 4 rings (SSSR count). The SMILES string of the molecule is CCC(Sc1cccc(NC(=O)c2ccc(OC)cc2)c1)C(=O)Nc1nc(-c2ccccc2)c(C)s1. The number of aromatic nitrogens is 1. The van der Waals surface area contributed by atoms with Crippen molar-refractivity contribution < 1.29 is 14.3 Å². The molecule has 3 aromatic carbocycles. The number of benzene rings is 3. The predicted molar refractivity (Wildman–Crippen MR) is 148 cm³/mol. The molecule has 184 valence electrons. The van der Waals surface area contributed by atoms with Crippen molar-refractivity contribution in [3.63, 3.8) is 0 Å². The number of hydrogen-bond acceptors (Lipinski definition) is 6. The van der Waals surface area contributed by atoms with Crippen LogP contribution in [0.25, 0.3) is 11.3 Å². The molecule has 0 aliphatic rings. The molecular formula is C28H27N3O3S2. The van der Waals surface area contributed by atoms with E-state index in [-0.39, 0.29) is 17.1 Å². The third-order valence-corrected chi connectivity index (χ3v) is 7.70. The van der Waals surface area contributed by atoms with Gasteiger partial charge in [0.25, 0.3) is 5.91 Å². The maximum atomic E-state index is 13.1. The van der Waals surface area contributed by atoms with Crippen molar-refractivity contribution in [2.75, 3.05) is 17.7 Å². The molecule has 0 aliphatic carbocycles. The van der Waals surface area contributed by atoms with Gasteiger partial charge in [-0.25, -0.2) is 4.98 Å². The minimum atomic E-state index is -0.304. The number of aryl methyl sites for hydroxylation is 1. The van der Waals surface area contributed by atoms with Crippen molar-refractivity contribution in [2.24, 2.45) is 0 Å². The topological polar surface area (TPSA) is 80.3 Å². The number of rotatable bonds is 9. The summed E-state index contributed by atoms with van der Waals surface area (Å²) >= 11 is 2.94. The average molecular weight is 518 g/mol. The minimum Gasteiger partial charge on any atom is -0.497 e. The van der Waals surface area contributed by atoms with Crippen molar-refractivity contribution in [1.82, 2.24) is 4.98 Å². The van der Waals surface area contributed by atoms with E-state index in [0.717, 1.165) is 21.0 Å². The molecule has 0 aliphatic heterocycles. The van der Waals surface area contributed by atoms with E-state index >= 15 is 0 Å². The van der Waals surface area contributed by atoms with E-state index in [2.05, 4.69) is 15.6 Å². The zero-order valence-electron chi connectivity index (χ0n) is 20.3. The summed E-state index contributed by atoms with van der Waals surface area (Å²) in [6.45, 7) is 3.99. The molecular weight excluding hydrogens is 490 g/mol. The monoisotopic (exact) mass is 517 g/mol. The first kappa shape index (κ1) is 25.5. The van der Waals surface area contributed by atoms with E-state index in [1.54, 1.807) is 31.4 Å². The largest absolute Gasteiger partial charge is 0.497 e. The van der Waals surface area contributed by atoms with Crippen LogP contribution in [0.4, 0.5) is 10.8 Å². The van der Waals surface area contributed by atoms with Gasteiger partial charge < -0.3 is 15.4 Å². The molecule has 4 aromatic rings. The molecule has 1 atom stereocenters. The van der Waals surface area contributed by atoms with Crippen molar-refractivity contribution in [3.8, 4) is 17.0 Å². The third-order valence-electron chi connectivity index (χ3n) is 5.46. The lowest BCUT2D eigenvalue weighted by molar-refractivity contribution is -0.115. The van der Waals surface area contributed by atoms with Gasteiger partial charge in [0.2, 0.25) is 5.91 Å². The van der Waals surface area contributed by atoms with Crippen molar-refractivity contribution in [2.45, 2.75) is 30.4 Å². The number of thiazole rings is 1. The summed E-state index contributed by atoms with van der Waals surface area (Å²) in [5.41, 5.74) is 3.12. The van der Waals surface area contributed by atoms with Crippen LogP contribution < -0.4 is 15.4 Å². The molecule has 1 aromatic heterocycles. The number of nitrogens with zero attached hydrogens (tertiary/aromatic N) is 1. The fourth-order valence-corrected chi connectivity index (χ4v) is 5.43. The van der Waals surface area contributed by atoms with Gasteiger partial charge in [-0.2, -0.15) is 0 Å². The van der Waals surface area contributed by atoms with E-state index in [0.29, 0.717) is 28.6 Å². The van der Waals surface area contributed by atoms with Gasteiger partial charge in [-0.1, -0.05) is 43.3 Å². The first-order valence-corrected chi connectivity index (χ1v) is 13.2. The Kier molecular flexibility index (Phi) is 8.40. The first-order chi connectivity index (χ1) is 17.5. The molecule has 1 heterocycles. The smallest absolute Gasteiger partial charge is 0.255 e. The highest BCUT2D eigenvalue weighted by atomic mass is 32.2. The maximum absolute atomic E-state index is 13.1. The summed E-state index contributed by atoms with van der Waals surface area (Å²) in [7, 11) is 1.59. The Bertz CT molecular complexity index is 1340. The van der Waals surface area contributed by atoms with Gasteiger partial charge in [0.05, 0.1) is 18.1 Å². The number of amides is 2. The summed E-state index contributed by atoms with van der Waals surface area (Å²) in [5, 5.41) is 6.20. The minimum absolute atomic E-state index is 0.0940. The van der Waals surface area contributed by atoms with E-state index in [9.17, 15) is 9.59 Å². The van der Waals surface area contributed by atoms with Crippen LogP contribution in [0.1, 0.15) is 28.6 Å². The van der Waals surface area contributed by atoms with Gasteiger partial charge in [-0.3, -0.25) is 9.59 Å². The Morgan fingerprint density at radius 2 is 1.75 bits per heavy atom. The number of ether oxygens (including phenoxy) is 1. The van der Waals surface area contributed by atoms with E-state index in [4.69, 9.17) is 4.74 Å². The molecule has 1 unspecified atom stereocenters. The number of hydrogen-bond donors (Lipinski definition) is 2. The molecule has 0 spiro atoms. The van der Waals surface area contributed by atoms with Gasteiger partial charge in [-0.05, 0) is 55.8 Å². The van der Waals surface area contributed by atoms with E-state index < -0.39 is 0 Å². The van der Waals surface area contributed by atoms with Crippen LogP contribution in [0.3, 0.4) is 0 Å². The normalized spacial score (nSPS) is 11.5. The number of anilines is 2. The lowest BCUT2D eigenvalue weighted by atomic mass is 10.1. The van der Waals surface area contributed by atoms with Crippen LogP contribution in [0.2, 0.25) is 0 Å². The summed E-state index contributed by atoms with van der Waals surface area (Å²) in [4.78, 5) is 32.3. The quantitative estimate of drug-likeness (QED) is 0.236. The Balaban J connectivity index is 1.40. The second kappa shape index (κ2) is 11.9. The molecule has 0 bridgehead atoms. The first-order valence-electron chi connectivity index (χ1n) is 11.5. The number of thioether (sulfide) groups is 1. The molecule has 0 fully saturated rings. The molecule has 2 N–H and O–H groups in total. The van der Waals surface area contributed by atoms with Crippen LogP contribution in [-0.4, -0.2) is 29.2 Å². The average Bonchev–Trinajstić information content (AvgIpc) is 3.27. The van der Waals surface area contributed by atoms with Gasteiger partial charge in [0.1, 0.15) is 5.75 Å². The molecule has 0 radical (unpaired) electrons. The van der Waals surface area contributed by atoms with E-state index in [1.807, 2.05) is 68.4 Å². The fraction of sp³-hybridized carbons (Fsp3) is 0.179. The number of carbonyl (C=O) groups excluding carboxylic acids is 2. The Labute approximate surface area is 219 Å². The summed E-state index contributed by atoms with van der Waals surface area (Å²) < 4.78 is 5.14. The lowest BCUT2D eigenvalue weighted by Gasteiger charge is -2.14. The van der Waals surface area contributed by atoms with Crippen molar-refractivity contribution in [3.05, 3.63) is 89.3 Å². The lowest BCUT2D eigenvalue weighted by Crippen LogP contribution is -2.24. The second-order valence-electron chi connectivity index (χ2n) is 8.00. The number of carbonyl (C=O) groups is 2. The third kappa shape index (κ3) is 6.33. The molecule has 36 heavy (non-hydrogen) atoms. The number of nitrogens with one attached hydrogen (secondary N) is 2. The zero-order chi connectivity index (χ0) is 25.5. The maximum Gasteiger partial charge on any atom is 0.255 e. The summed E-state index contributed by atoms with van der Waals surface area (Å²) in [5.74, 6) is 0.388. The van der Waals surface area contributed by atoms with E-state index in [1.165, 1.54) is 23.1 Å². The van der Waals surface area contributed by atoms with Crippen LogP contribution in [0.15, 0.2) is 83.8 Å². The highest BCUT2D eigenvalue weighted by molar-refractivity contribution is 8.00. The van der Waals surface area contributed by atoms with Crippen molar-refractivity contribution in [1.29, 1.82) is 0 Å². The van der Waals surface area contributed by atoms with Crippen LogP contribution in [-0.2, 0) is 4.79 Å². The van der Waals surface area contributed by atoms with Gasteiger partial charge in [0, 0.05) is 26.6 Å². The van der Waals surface area contributed by atoms with Crippen LogP contribution in [0, 0.1) is 6.92 Å². The number of methoxy groups -OCH3 is 1. The molecule has 6 nitrogen and oxygen atoms in total. The Hall–Kier alpha value is -3.62. The highest BCUT2D eigenvalue weighted by Gasteiger charge is 2.20. The van der Waals surface area contributed by atoms with Crippen molar-refractivity contribution >= 4 is 45.7 Å². The zero-order valence-corrected chi connectivity index (χ0v) is 21.9. The van der Waals surface area contributed by atoms with Gasteiger partial charge in [-0.15, -0.1) is 23.1 Å². The highest BCUT2D eigenvalue weighted by Crippen LogP contribution is 2.32. The summed E-state index contributed by atoms with van der Waals surface area (Å²) in [6.07, 6.45) is 0.648. The van der Waals surface area contributed by atoms with Crippen LogP contribution in [0.5, 0.6) is 5.75 Å². The standard InChI is InChI=1S/C28H27N3O3S2/c1-4-24(27(33)31-28-30-25(18(2)35-28)19-9-6-5-7-10-19)36-23-12-8-11-21(17-23)29-26(32)20-13-15-22(34-3)16-14-20/h5-17,24H,4H2,1-3H3,(H,29,32)(H,30,31,33). The molecule has 0 saturated heterocycles. The van der Waals surface area contributed by atoms with Gasteiger partial charge >= 0.3 is 0 Å². The predicted octanol–water partition coefficient (Wildman–Crippen LogP) is 6.89. The molecule has 8 heteroatoms. The second-order valence-corrected chi connectivity index (χ2v) is 10.5. The Morgan fingerprint density at radius 1 is 1.00 bits per heavy atom. The Morgan fingerprint density at radius 3 is 2.44 bits per heavy atom. The molecule has 0 saturated carbocycles. The fourth-order valence-electron chi connectivity index (χ4n) is 3.58. The molecule has 2 amide bonds.